The fraction of sp³-hybridized carbons (Fsp3) is 0.857. The Labute approximate surface area is 108 Å². The molecule has 0 saturated heterocycles. The van der Waals surface area contributed by atoms with Crippen molar-refractivity contribution in [2.24, 2.45) is 17.8 Å². The average Bonchev–Trinajstić information content (AvgIpc) is 2.74. The third-order valence-corrected chi connectivity index (χ3v) is 5.18. The first kappa shape index (κ1) is 10.8. The Bertz CT molecular complexity index is 418. The molecule has 0 spiro atoms. The molecular weight excluding hydrogens is 226 g/mol. The first-order chi connectivity index (χ1) is 8.75. The van der Waals surface area contributed by atoms with Gasteiger partial charge in [-0.25, -0.2) is 0 Å². The number of aromatic nitrogens is 2. The van der Waals surface area contributed by atoms with E-state index in [1.54, 1.807) is 0 Å². The lowest BCUT2D eigenvalue weighted by Gasteiger charge is -2.56. The van der Waals surface area contributed by atoms with Crippen LogP contribution in [0.5, 0.6) is 0 Å². The summed E-state index contributed by atoms with van der Waals surface area (Å²) in [6.45, 7) is 2.04. The van der Waals surface area contributed by atoms with Crippen molar-refractivity contribution in [2.75, 3.05) is 5.32 Å². The SMILES string of the molecule is CCc1nnc(NC23CC4CC(CC(C4)C2)C3)o1. The van der Waals surface area contributed by atoms with Gasteiger partial charge in [0.25, 0.3) is 0 Å². The van der Waals surface area contributed by atoms with Crippen LogP contribution in [0.3, 0.4) is 0 Å². The first-order valence-corrected chi connectivity index (χ1v) is 7.35. The van der Waals surface area contributed by atoms with Crippen LogP contribution in [0.4, 0.5) is 6.01 Å². The van der Waals surface area contributed by atoms with Crippen LogP contribution in [0.1, 0.15) is 51.3 Å². The van der Waals surface area contributed by atoms with Crippen molar-refractivity contribution in [3.63, 3.8) is 0 Å². The summed E-state index contributed by atoms with van der Waals surface area (Å²) < 4.78 is 5.64. The van der Waals surface area contributed by atoms with Crippen LogP contribution in [0, 0.1) is 17.8 Å². The zero-order valence-electron chi connectivity index (χ0n) is 11.0. The van der Waals surface area contributed by atoms with Crippen LogP contribution in [0.2, 0.25) is 0 Å². The van der Waals surface area contributed by atoms with Gasteiger partial charge in [-0.15, -0.1) is 5.10 Å². The Morgan fingerprint density at radius 2 is 1.72 bits per heavy atom. The number of hydrogen-bond acceptors (Lipinski definition) is 4. The lowest BCUT2D eigenvalue weighted by Crippen LogP contribution is -2.54. The smallest absolute Gasteiger partial charge is 0.315 e. The van der Waals surface area contributed by atoms with Crippen molar-refractivity contribution in [2.45, 2.75) is 57.4 Å². The van der Waals surface area contributed by atoms with Gasteiger partial charge >= 0.3 is 6.01 Å². The van der Waals surface area contributed by atoms with Crippen LogP contribution >= 0.6 is 0 Å². The molecule has 1 aromatic rings. The monoisotopic (exact) mass is 247 g/mol. The molecule has 0 atom stereocenters. The maximum absolute atomic E-state index is 5.64. The van der Waals surface area contributed by atoms with E-state index in [1.165, 1.54) is 38.5 Å². The minimum atomic E-state index is 0.270. The van der Waals surface area contributed by atoms with Crippen LogP contribution in [0.25, 0.3) is 0 Å². The van der Waals surface area contributed by atoms with Crippen LogP contribution in [-0.4, -0.2) is 15.7 Å². The maximum atomic E-state index is 5.64. The van der Waals surface area contributed by atoms with Crippen molar-refractivity contribution in [1.29, 1.82) is 0 Å². The third-order valence-electron chi connectivity index (χ3n) is 5.18. The topological polar surface area (TPSA) is 51.0 Å². The second kappa shape index (κ2) is 3.72. The summed E-state index contributed by atoms with van der Waals surface area (Å²) in [5, 5.41) is 11.8. The van der Waals surface area contributed by atoms with E-state index in [2.05, 4.69) is 15.5 Å². The standard InChI is InChI=1S/C14H21N3O/c1-2-12-16-17-13(18-12)15-14-6-9-3-10(7-14)5-11(4-9)8-14/h9-11H,2-8H2,1H3,(H,15,17). The van der Waals surface area contributed by atoms with E-state index in [0.29, 0.717) is 6.01 Å². The van der Waals surface area contributed by atoms with Gasteiger partial charge in [0.15, 0.2) is 0 Å². The Morgan fingerprint density at radius 1 is 1.11 bits per heavy atom. The highest BCUT2D eigenvalue weighted by molar-refractivity contribution is 5.27. The van der Waals surface area contributed by atoms with Crippen LogP contribution in [0.15, 0.2) is 4.42 Å². The molecule has 4 aliphatic rings. The molecule has 4 saturated carbocycles. The Balaban J connectivity index is 1.56. The third kappa shape index (κ3) is 1.65. The normalized spacial score (nSPS) is 41.3. The largest absolute Gasteiger partial charge is 0.408 e. The van der Waals surface area contributed by atoms with Crippen molar-refractivity contribution in [3.8, 4) is 0 Å². The fourth-order valence-electron chi connectivity index (χ4n) is 4.94. The van der Waals surface area contributed by atoms with Gasteiger partial charge in [0, 0.05) is 12.0 Å². The molecular formula is C14H21N3O. The summed E-state index contributed by atoms with van der Waals surface area (Å²) in [7, 11) is 0. The van der Waals surface area contributed by atoms with Crippen molar-refractivity contribution in [1.82, 2.24) is 10.2 Å². The molecule has 1 N–H and O–H groups in total. The van der Waals surface area contributed by atoms with Gasteiger partial charge in [-0.1, -0.05) is 12.0 Å². The van der Waals surface area contributed by atoms with Gasteiger partial charge in [0.1, 0.15) is 0 Å². The Morgan fingerprint density at radius 3 is 2.22 bits per heavy atom. The van der Waals surface area contributed by atoms with Crippen molar-refractivity contribution < 1.29 is 4.42 Å². The van der Waals surface area contributed by atoms with Gasteiger partial charge < -0.3 is 9.73 Å². The molecule has 1 aromatic heterocycles. The average molecular weight is 247 g/mol. The summed E-state index contributed by atoms with van der Waals surface area (Å²) in [4.78, 5) is 0. The maximum Gasteiger partial charge on any atom is 0.315 e. The quantitative estimate of drug-likeness (QED) is 0.892. The molecule has 0 unspecified atom stereocenters. The minimum absolute atomic E-state index is 0.270. The molecule has 4 heteroatoms. The van der Waals surface area contributed by atoms with E-state index >= 15 is 0 Å². The van der Waals surface area contributed by atoms with Crippen LogP contribution < -0.4 is 5.32 Å². The van der Waals surface area contributed by atoms with E-state index in [9.17, 15) is 0 Å². The zero-order chi connectivity index (χ0) is 12.2. The van der Waals surface area contributed by atoms with Gasteiger partial charge in [-0.05, 0) is 56.3 Å². The number of nitrogens with zero attached hydrogens (tertiary/aromatic N) is 2. The second-order valence-electron chi connectivity index (χ2n) is 6.68. The highest BCUT2D eigenvalue weighted by atomic mass is 16.4. The second-order valence-corrected chi connectivity index (χ2v) is 6.68. The first-order valence-electron chi connectivity index (χ1n) is 7.35. The molecule has 4 nitrogen and oxygen atoms in total. The highest BCUT2D eigenvalue weighted by Crippen LogP contribution is 2.56. The Hall–Kier alpha value is -1.06. The summed E-state index contributed by atoms with van der Waals surface area (Å²) in [6.07, 6.45) is 9.13. The molecule has 4 bridgehead atoms. The molecule has 4 aliphatic carbocycles. The van der Waals surface area contributed by atoms with Crippen molar-refractivity contribution >= 4 is 6.01 Å². The van der Waals surface area contributed by atoms with E-state index < -0.39 is 0 Å². The lowest BCUT2D eigenvalue weighted by atomic mass is 9.53. The minimum Gasteiger partial charge on any atom is -0.408 e. The van der Waals surface area contributed by atoms with E-state index in [1.807, 2.05) is 6.92 Å². The van der Waals surface area contributed by atoms with E-state index in [-0.39, 0.29) is 5.54 Å². The molecule has 18 heavy (non-hydrogen) atoms. The van der Waals surface area contributed by atoms with Crippen molar-refractivity contribution in [3.05, 3.63) is 5.89 Å². The number of nitrogens with one attached hydrogen (secondary N) is 1. The van der Waals surface area contributed by atoms with Gasteiger partial charge in [0.05, 0.1) is 0 Å². The summed E-state index contributed by atoms with van der Waals surface area (Å²) in [5.41, 5.74) is 0.270. The molecule has 98 valence electrons. The number of anilines is 1. The van der Waals surface area contributed by atoms with Gasteiger partial charge in [-0.3, -0.25) is 0 Å². The number of aryl methyl sites for hydroxylation is 1. The molecule has 0 radical (unpaired) electrons. The molecule has 0 aliphatic heterocycles. The highest BCUT2D eigenvalue weighted by Gasteiger charge is 2.51. The predicted molar refractivity (Wildman–Crippen MR) is 68.2 cm³/mol. The zero-order valence-corrected chi connectivity index (χ0v) is 11.0. The number of rotatable bonds is 3. The molecule has 0 aromatic carbocycles. The molecule has 0 amide bonds. The van der Waals surface area contributed by atoms with Crippen LogP contribution in [-0.2, 0) is 6.42 Å². The van der Waals surface area contributed by atoms with Gasteiger partial charge in [-0.2, -0.15) is 0 Å². The van der Waals surface area contributed by atoms with Gasteiger partial charge in [0.2, 0.25) is 5.89 Å². The molecule has 1 heterocycles. The molecule has 4 fully saturated rings. The number of hydrogen-bond donors (Lipinski definition) is 1. The fourth-order valence-corrected chi connectivity index (χ4v) is 4.94. The summed E-state index contributed by atoms with van der Waals surface area (Å²) in [6, 6.07) is 0.647. The molecule has 5 rings (SSSR count). The summed E-state index contributed by atoms with van der Waals surface area (Å²) in [5.74, 6) is 3.56. The predicted octanol–water partition coefficient (Wildman–Crippen LogP) is 3.01. The summed E-state index contributed by atoms with van der Waals surface area (Å²) >= 11 is 0. The lowest BCUT2D eigenvalue weighted by molar-refractivity contribution is 0.00959. The van der Waals surface area contributed by atoms with E-state index in [0.717, 1.165) is 30.1 Å². The Kier molecular flexibility index (Phi) is 2.24. The van der Waals surface area contributed by atoms with E-state index in [4.69, 9.17) is 4.42 Å².